The van der Waals surface area contributed by atoms with E-state index in [4.69, 9.17) is 0 Å². The van der Waals surface area contributed by atoms with Crippen molar-refractivity contribution in [2.45, 2.75) is 94.6 Å². The summed E-state index contributed by atoms with van der Waals surface area (Å²) >= 11 is 1.24. The van der Waals surface area contributed by atoms with Crippen LogP contribution in [0.25, 0.3) is 0 Å². The molecule has 71 heavy (non-hydrogen) atoms. The van der Waals surface area contributed by atoms with E-state index in [0.717, 1.165) is 18.7 Å². The number of imide groups is 1. The minimum atomic E-state index is -1.25. The smallest absolute Gasteiger partial charge is 0.270 e. The van der Waals surface area contributed by atoms with Gasteiger partial charge in [-0.3, -0.25) is 39.4 Å². The molecule has 0 spiro atoms. The molecular weight excluding hydrogens is 937 g/mol. The molecule has 3 saturated heterocycles. The van der Waals surface area contributed by atoms with Gasteiger partial charge >= 0.3 is 0 Å². The van der Waals surface area contributed by atoms with E-state index >= 15 is 8.78 Å². The number of aryl methyl sites for hydroxylation is 1. The summed E-state index contributed by atoms with van der Waals surface area (Å²) in [5.74, 6) is 2.33. The van der Waals surface area contributed by atoms with Crippen LogP contribution in [0.5, 0.6) is 0 Å². The Hall–Kier alpha value is -7.57. The average Bonchev–Trinajstić information content (AvgIpc) is 4.18. The summed E-state index contributed by atoms with van der Waals surface area (Å²) in [6.07, 6.45) is 8.21. The Balaban J connectivity index is 0.695. The van der Waals surface area contributed by atoms with E-state index in [0.29, 0.717) is 79.6 Å². The quantitative estimate of drug-likeness (QED) is 0.0935. The van der Waals surface area contributed by atoms with E-state index in [9.17, 15) is 33.9 Å². The van der Waals surface area contributed by atoms with Crippen molar-refractivity contribution in [2.75, 3.05) is 41.7 Å². The molecule has 8 heterocycles. The first-order valence-electron chi connectivity index (χ1n) is 23.6. The highest BCUT2D eigenvalue weighted by atomic mass is 32.1. The van der Waals surface area contributed by atoms with E-state index < -0.39 is 52.9 Å². The van der Waals surface area contributed by atoms with Gasteiger partial charge in [-0.1, -0.05) is 11.8 Å². The molecule has 10 rings (SSSR count). The number of amides is 6. The molecule has 21 heteroatoms. The maximum Gasteiger partial charge on any atom is 0.270 e. The number of hydrogen-bond donors (Lipinski definition) is 5. The van der Waals surface area contributed by atoms with Gasteiger partial charge in [0, 0.05) is 96.6 Å². The minimum absolute atomic E-state index is 0.0733. The Morgan fingerprint density at radius 3 is 2.45 bits per heavy atom. The number of rotatable bonds is 11. The van der Waals surface area contributed by atoms with Gasteiger partial charge in [0.25, 0.3) is 17.7 Å². The Bertz CT molecular complexity index is 2990. The molecule has 3 fully saturated rings. The number of aromatic nitrogens is 4. The van der Waals surface area contributed by atoms with E-state index in [1.54, 1.807) is 41.0 Å². The third-order valence-corrected chi connectivity index (χ3v) is 14.5. The average molecular weight is 986 g/mol. The molecule has 0 bridgehead atoms. The number of carbonyl (C=O) groups is 6. The molecule has 2 atom stereocenters. The molecule has 5 N–H and O–H groups in total. The Labute approximate surface area is 410 Å². The van der Waals surface area contributed by atoms with Gasteiger partial charge in [-0.25, -0.2) is 23.7 Å². The van der Waals surface area contributed by atoms with Crippen molar-refractivity contribution in [1.29, 1.82) is 0 Å². The maximum absolute atomic E-state index is 15.7. The summed E-state index contributed by atoms with van der Waals surface area (Å²) in [6, 6.07) is 8.54. The second kappa shape index (κ2) is 19.7. The first-order chi connectivity index (χ1) is 34.3. The molecule has 5 aromatic rings. The molecule has 2 unspecified atom stereocenters. The number of likely N-dealkylation sites (tertiary alicyclic amines) is 1. The zero-order chi connectivity index (χ0) is 49.4. The number of halogens is 2. The highest BCUT2D eigenvalue weighted by molar-refractivity contribution is 7.13. The number of imidazole rings is 1. The Morgan fingerprint density at radius 1 is 0.915 bits per heavy atom. The third-order valence-electron chi connectivity index (χ3n) is 13.9. The lowest BCUT2D eigenvalue weighted by Crippen LogP contribution is -2.50. The molecule has 0 aliphatic carbocycles. The van der Waals surface area contributed by atoms with Crippen LogP contribution in [-0.4, -0.2) is 114 Å². The Morgan fingerprint density at radius 2 is 1.72 bits per heavy atom. The van der Waals surface area contributed by atoms with Crippen LogP contribution >= 0.6 is 11.3 Å². The van der Waals surface area contributed by atoms with Crippen molar-refractivity contribution >= 4 is 63.3 Å². The summed E-state index contributed by atoms with van der Waals surface area (Å²) in [6.45, 7) is 2.07. The van der Waals surface area contributed by atoms with Gasteiger partial charge in [0.05, 0.1) is 36.3 Å². The normalized spacial score (nSPS) is 19.1. The van der Waals surface area contributed by atoms with Crippen LogP contribution in [0.3, 0.4) is 0 Å². The zero-order valence-electron chi connectivity index (χ0n) is 38.4. The first-order valence-corrected chi connectivity index (χ1v) is 24.5. The van der Waals surface area contributed by atoms with Crippen LogP contribution in [0.15, 0.2) is 66.6 Å². The maximum atomic E-state index is 15.7. The van der Waals surface area contributed by atoms with Gasteiger partial charge < -0.3 is 35.0 Å². The topological polar surface area (TPSA) is 224 Å². The van der Waals surface area contributed by atoms with Gasteiger partial charge in [0.1, 0.15) is 23.4 Å². The molecule has 6 amide bonds. The summed E-state index contributed by atoms with van der Waals surface area (Å²) in [5.41, 5.74) is 1.95. The van der Waals surface area contributed by atoms with E-state index in [1.165, 1.54) is 46.7 Å². The van der Waals surface area contributed by atoms with Crippen LogP contribution in [-0.2, 0) is 38.7 Å². The monoisotopic (exact) mass is 985 g/mol. The lowest BCUT2D eigenvalue weighted by molar-refractivity contribution is -0.138. The SMILES string of the molecule is O=C1CCC(Nc2ccc(N3CCC(O)(CC(=O)N4CCC(NC(=O)c5ccc(C#Cc6cc(F)c7c(c6)C(=O)N(C(C(=O)Nc6nccs6)c6ncn8c6CCC8)C7)cn5)CC4)CC3)c(F)c2)C(=O)N1. The number of benzene rings is 2. The fourth-order valence-corrected chi connectivity index (χ4v) is 10.5. The fraction of sp³-hybridized carbons (Fsp3) is 0.380. The highest BCUT2D eigenvalue weighted by Crippen LogP contribution is 2.37. The van der Waals surface area contributed by atoms with Crippen molar-refractivity contribution in [1.82, 2.24) is 40.0 Å². The number of pyridine rings is 1. The van der Waals surface area contributed by atoms with Crippen molar-refractivity contribution in [2.24, 2.45) is 0 Å². The second-order valence-electron chi connectivity index (χ2n) is 18.5. The van der Waals surface area contributed by atoms with Crippen molar-refractivity contribution in [3.8, 4) is 11.8 Å². The van der Waals surface area contributed by atoms with Gasteiger partial charge in [0.2, 0.25) is 17.7 Å². The van der Waals surface area contributed by atoms with Gasteiger partial charge in [-0.05, 0) is 87.4 Å². The molecule has 0 saturated carbocycles. The summed E-state index contributed by atoms with van der Waals surface area (Å²) < 4.78 is 32.9. The predicted octanol–water partition coefficient (Wildman–Crippen LogP) is 4.05. The van der Waals surface area contributed by atoms with E-state index in [1.807, 2.05) is 9.47 Å². The lowest BCUT2D eigenvalue weighted by atomic mass is 9.87. The molecule has 2 aromatic carbocycles. The standard InChI is InChI=1S/C50H49F2N11O7S/c51-35-23-30(22-33-34(35)27-63(48(33)69)44(47(68)59-49-53-15-21-71-49)43-40-2-1-16-62(40)28-55-43)4-3-29-5-7-37(54-26-29)45(66)57-31-11-17-61(18-12-31)42(65)25-50(70)13-19-60(20-14-50)39-9-6-32(24-36(39)52)56-38-8-10-41(64)58-46(38)67/h5-7,9,15,21-24,26,28,31,38,44,56,70H,1-2,8,10-14,16-20,25,27H2,(H,57,66)(H,53,59,68)(H,58,64,67). The van der Waals surface area contributed by atoms with E-state index in [2.05, 4.69) is 48.1 Å². The first kappa shape index (κ1) is 47.1. The molecule has 0 radical (unpaired) electrons. The minimum Gasteiger partial charge on any atom is -0.389 e. The number of thiazole rings is 1. The van der Waals surface area contributed by atoms with Crippen molar-refractivity contribution in [3.63, 3.8) is 0 Å². The molecule has 18 nitrogen and oxygen atoms in total. The van der Waals surface area contributed by atoms with Gasteiger partial charge in [-0.2, -0.15) is 0 Å². The number of nitrogens with zero attached hydrogens (tertiary/aromatic N) is 7. The summed E-state index contributed by atoms with van der Waals surface area (Å²) in [4.78, 5) is 95.8. The number of aliphatic hydroxyl groups is 1. The van der Waals surface area contributed by atoms with Crippen LogP contribution < -0.4 is 26.2 Å². The van der Waals surface area contributed by atoms with Gasteiger partial charge in [0.15, 0.2) is 11.2 Å². The van der Waals surface area contributed by atoms with Crippen LogP contribution in [0.1, 0.15) is 106 Å². The zero-order valence-corrected chi connectivity index (χ0v) is 39.2. The number of nitrogens with one attached hydrogen (secondary N) is 4. The molecule has 3 aromatic heterocycles. The van der Waals surface area contributed by atoms with Gasteiger partial charge in [-0.15, -0.1) is 11.3 Å². The highest BCUT2D eigenvalue weighted by Gasteiger charge is 2.42. The van der Waals surface area contributed by atoms with E-state index in [-0.39, 0.29) is 72.5 Å². The van der Waals surface area contributed by atoms with Crippen LogP contribution in [0.2, 0.25) is 0 Å². The van der Waals surface area contributed by atoms with Crippen LogP contribution in [0.4, 0.5) is 25.3 Å². The number of piperidine rings is 3. The fourth-order valence-electron chi connectivity index (χ4n) is 9.97. The number of hydrogen-bond acceptors (Lipinski definition) is 13. The molecule has 366 valence electrons. The second-order valence-corrected chi connectivity index (χ2v) is 19.4. The molecular formula is C50H49F2N11O7S. The Kier molecular flexibility index (Phi) is 13.1. The third kappa shape index (κ3) is 10.1. The summed E-state index contributed by atoms with van der Waals surface area (Å²) in [5, 5.41) is 24.5. The number of fused-ring (bicyclic) bond motifs is 2. The predicted molar refractivity (Wildman–Crippen MR) is 255 cm³/mol. The van der Waals surface area contributed by atoms with Crippen molar-refractivity contribution in [3.05, 3.63) is 118 Å². The van der Waals surface area contributed by atoms with Crippen LogP contribution in [0, 0.1) is 23.5 Å². The molecule has 5 aliphatic heterocycles. The van der Waals surface area contributed by atoms with Crippen molar-refractivity contribution < 1.29 is 42.7 Å². The summed E-state index contributed by atoms with van der Waals surface area (Å²) in [7, 11) is 0. The molecule has 5 aliphatic rings. The largest absolute Gasteiger partial charge is 0.389 e. The number of carbonyl (C=O) groups excluding carboxylic acids is 6. The number of anilines is 3. The lowest BCUT2D eigenvalue weighted by Gasteiger charge is -2.40.